The van der Waals surface area contributed by atoms with E-state index in [0.29, 0.717) is 27.6 Å². The number of benzene rings is 2. The maximum Gasteiger partial charge on any atom is 0.338 e. The Hall–Kier alpha value is -3.84. The number of carbonyl (C=O) groups excluding carboxylic acids is 2. The Bertz CT molecular complexity index is 1200. The summed E-state index contributed by atoms with van der Waals surface area (Å²) < 4.78 is 7.01. The lowest BCUT2D eigenvalue weighted by Gasteiger charge is -2.27. The van der Waals surface area contributed by atoms with Crippen LogP contribution >= 0.6 is 11.6 Å². The molecule has 32 heavy (non-hydrogen) atoms. The highest BCUT2D eigenvalue weighted by molar-refractivity contribution is 6.30. The smallest absolute Gasteiger partial charge is 0.338 e. The Labute approximate surface area is 190 Å². The third-order valence-corrected chi connectivity index (χ3v) is 5.27. The standard InChI is InChI=1S/C24H21ClN4O3/c1-3-13-32-23(30)20-15(2)26-24(31)27-22(20)19-14-29(18-7-5-4-6-8-18)28-21(19)16-9-11-17(25)12-10-16/h3-12,14,22H,1,13H2,2H3,(H2,26,27,31)/t22-/m0/s1. The van der Waals surface area contributed by atoms with Crippen molar-refractivity contribution in [3.63, 3.8) is 0 Å². The summed E-state index contributed by atoms with van der Waals surface area (Å²) in [6.45, 7) is 5.31. The van der Waals surface area contributed by atoms with Gasteiger partial charge < -0.3 is 15.4 Å². The summed E-state index contributed by atoms with van der Waals surface area (Å²) in [6.07, 6.45) is 3.30. The number of carbonyl (C=O) groups is 2. The highest BCUT2D eigenvalue weighted by Gasteiger charge is 2.35. The van der Waals surface area contributed by atoms with Gasteiger partial charge in [0.2, 0.25) is 0 Å². The molecule has 4 rings (SSSR count). The van der Waals surface area contributed by atoms with Crippen LogP contribution in [0.15, 0.2) is 84.7 Å². The molecule has 8 heteroatoms. The Morgan fingerprint density at radius 3 is 2.62 bits per heavy atom. The molecule has 0 unspecified atom stereocenters. The highest BCUT2D eigenvalue weighted by atomic mass is 35.5. The number of halogens is 1. The van der Waals surface area contributed by atoms with Crippen LogP contribution in [-0.2, 0) is 9.53 Å². The van der Waals surface area contributed by atoms with E-state index in [9.17, 15) is 9.59 Å². The minimum Gasteiger partial charge on any atom is -0.458 e. The van der Waals surface area contributed by atoms with Gasteiger partial charge in [-0.1, -0.05) is 54.6 Å². The topological polar surface area (TPSA) is 85.2 Å². The van der Waals surface area contributed by atoms with Gasteiger partial charge in [0, 0.05) is 28.0 Å². The lowest BCUT2D eigenvalue weighted by molar-refractivity contribution is -0.138. The number of nitrogens with zero attached hydrogens (tertiary/aromatic N) is 2. The number of allylic oxidation sites excluding steroid dienone is 1. The Kier molecular flexibility index (Phi) is 6.09. The fraction of sp³-hybridized carbons (Fsp3) is 0.125. The molecule has 162 valence electrons. The molecule has 0 saturated heterocycles. The zero-order valence-electron chi connectivity index (χ0n) is 17.3. The molecule has 0 aliphatic carbocycles. The summed E-state index contributed by atoms with van der Waals surface area (Å²) in [5, 5.41) is 10.9. The zero-order valence-corrected chi connectivity index (χ0v) is 18.1. The molecular weight excluding hydrogens is 428 g/mol. The summed E-state index contributed by atoms with van der Waals surface area (Å²) in [6, 6.07) is 15.6. The second kappa shape index (κ2) is 9.11. The summed E-state index contributed by atoms with van der Waals surface area (Å²) in [7, 11) is 0. The Morgan fingerprint density at radius 2 is 1.94 bits per heavy atom. The average Bonchev–Trinajstić information content (AvgIpc) is 3.23. The van der Waals surface area contributed by atoms with Crippen molar-refractivity contribution in [1.82, 2.24) is 20.4 Å². The number of urea groups is 1. The van der Waals surface area contributed by atoms with E-state index in [1.807, 2.05) is 48.7 Å². The maximum absolute atomic E-state index is 12.9. The minimum absolute atomic E-state index is 0.0591. The molecule has 7 nitrogen and oxygen atoms in total. The third kappa shape index (κ3) is 4.29. The van der Waals surface area contributed by atoms with Crippen molar-refractivity contribution in [3.05, 3.63) is 95.3 Å². The number of aromatic nitrogens is 2. The predicted octanol–water partition coefficient (Wildman–Crippen LogP) is 4.55. The van der Waals surface area contributed by atoms with E-state index in [0.717, 1.165) is 11.3 Å². The van der Waals surface area contributed by atoms with Crippen molar-refractivity contribution in [2.24, 2.45) is 0 Å². The minimum atomic E-state index is -0.760. The maximum atomic E-state index is 12.9. The number of rotatable bonds is 6. The predicted molar refractivity (Wildman–Crippen MR) is 122 cm³/mol. The molecule has 0 bridgehead atoms. The molecule has 0 radical (unpaired) electrons. The van der Waals surface area contributed by atoms with Crippen LogP contribution in [0.25, 0.3) is 16.9 Å². The van der Waals surface area contributed by atoms with Crippen molar-refractivity contribution in [2.75, 3.05) is 6.61 Å². The molecule has 2 aromatic carbocycles. The molecular formula is C24H21ClN4O3. The fourth-order valence-corrected chi connectivity index (χ4v) is 3.68. The Morgan fingerprint density at radius 1 is 1.22 bits per heavy atom. The largest absolute Gasteiger partial charge is 0.458 e. The number of para-hydroxylation sites is 1. The second-order valence-electron chi connectivity index (χ2n) is 7.18. The molecule has 0 fully saturated rings. The second-order valence-corrected chi connectivity index (χ2v) is 7.61. The van der Waals surface area contributed by atoms with Gasteiger partial charge >= 0.3 is 12.0 Å². The molecule has 1 aromatic heterocycles. The molecule has 0 spiro atoms. The van der Waals surface area contributed by atoms with E-state index in [1.54, 1.807) is 23.7 Å². The first-order chi connectivity index (χ1) is 15.5. The first-order valence-corrected chi connectivity index (χ1v) is 10.3. The number of ether oxygens (including phenoxy) is 1. The van der Waals surface area contributed by atoms with Crippen molar-refractivity contribution in [1.29, 1.82) is 0 Å². The molecule has 2 N–H and O–H groups in total. The molecule has 1 aliphatic rings. The zero-order chi connectivity index (χ0) is 22.7. The molecule has 2 heterocycles. The fourth-order valence-electron chi connectivity index (χ4n) is 3.55. The van der Waals surface area contributed by atoms with Crippen molar-refractivity contribution < 1.29 is 14.3 Å². The lowest BCUT2D eigenvalue weighted by Crippen LogP contribution is -2.45. The van der Waals surface area contributed by atoms with Crippen LogP contribution in [0, 0.1) is 0 Å². The van der Waals surface area contributed by atoms with Crippen LogP contribution in [0.3, 0.4) is 0 Å². The van der Waals surface area contributed by atoms with Crippen LogP contribution < -0.4 is 10.6 Å². The van der Waals surface area contributed by atoms with E-state index in [4.69, 9.17) is 21.4 Å². The van der Waals surface area contributed by atoms with Gasteiger partial charge in [-0.2, -0.15) is 5.10 Å². The number of hydrogen-bond acceptors (Lipinski definition) is 4. The quantitative estimate of drug-likeness (QED) is 0.428. The van der Waals surface area contributed by atoms with Gasteiger partial charge in [0.1, 0.15) is 6.61 Å². The highest BCUT2D eigenvalue weighted by Crippen LogP contribution is 2.35. The number of hydrogen-bond donors (Lipinski definition) is 2. The summed E-state index contributed by atoms with van der Waals surface area (Å²) in [4.78, 5) is 25.2. The van der Waals surface area contributed by atoms with Gasteiger partial charge in [-0.15, -0.1) is 0 Å². The van der Waals surface area contributed by atoms with E-state index in [1.165, 1.54) is 6.08 Å². The first kappa shape index (κ1) is 21.4. The van der Waals surface area contributed by atoms with Gasteiger partial charge in [0.25, 0.3) is 0 Å². The number of amides is 2. The SMILES string of the molecule is C=CCOC(=O)C1=C(C)NC(=O)N[C@H]1c1cn(-c2ccccc2)nc1-c1ccc(Cl)cc1. The lowest BCUT2D eigenvalue weighted by atomic mass is 9.94. The van der Waals surface area contributed by atoms with E-state index in [2.05, 4.69) is 17.2 Å². The van der Waals surface area contributed by atoms with Crippen LogP contribution in [0.2, 0.25) is 5.02 Å². The van der Waals surface area contributed by atoms with Gasteiger partial charge in [0.05, 0.1) is 23.0 Å². The summed E-state index contributed by atoms with van der Waals surface area (Å²) in [5.74, 6) is -0.547. The first-order valence-electron chi connectivity index (χ1n) is 9.95. The number of esters is 1. The molecule has 1 aliphatic heterocycles. The van der Waals surface area contributed by atoms with Crippen molar-refractivity contribution in [2.45, 2.75) is 13.0 Å². The Balaban J connectivity index is 1.88. The third-order valence-electron chi connectivity index (χ3n) is 5.01. The summed E-state index contributed by atoms with van der Waals surface area (Å²) in [5.41, 5.74) is 3.61. The molecule has 2 amide bonds. The van der Waals surface area contributed by atoms with Crippen molar-refractivity contribution in [3.8, 4) is 16.9 Å². The van der Waals surface area contributed by atoms with Gasteiger partial charge in [-0.3, -0.25) is 0 Å². The molecule has 0 saturated carbocycles. The molecule has 1 atom stereocenters. The van der Waals surface area contributed by atoms with Crippen molar-refractivity contribution >= 4 is 23.6 Å². The van der Waals surface area contributed by atoms with E-state index < -0.39 is 18.0 Å². The van der Waals surface area contributed by atoms with Crippen LogP contribution in [0.1, 0.15) is 18.5 Å². The van der Waals surface area contributed by atoms with Crippen LogP contribution in [0.4, 0.5) is 4.79 Å². The van der Waals surface area contributed by atoms with Crippen LogP contribution in [0.5, 0.6) is 0 Å². The van der Waals surface area contributed by atoms with E-state index in [-0.39, 0.29) is 6.61 Å². The number of nitrogens with one attached hydrogen (secondary N) is 2. The van der Waals surface area contributed by atoms with Crippen LogP contribution in [-0.4, -0.2) is 28.4 Å². The van der Waals surface area contributed by atoms with E-state index >= 15 is 0 Å². The molecule has 3 aromatic rings. The normalized spacial score (nSPS) is 15.7. The van der Waals surface area contributed by atoms with Gasteiger partial charge in [-0.25, -0.2) is 14.3 Å². The monoisotopic (exact) mass is 448 g/mol. The van der Waals surface area contributed by atoms with Gasteiger partial charge in [-0.05, 0) is 31.2 Å². The van der Waals surface area contributed by atoms with Gasteiger partial charge in [0.15, 0.2) is 0 Å². The summed E-state index contributed by atoms with van der Waals surface area (Å²) >= 11 is 6.07. The average molecular weight is 449 g/mol.